The fraction of sp³-hybridized carbons (Fsp3) is 0.350. The van der Waals surface area contributed by atoms with Crippen LogP contribution in [-0.2, 0) is 16.6 Å². The second-order valence-corrected chi connectivity index (χ2v) is 7.02. The Morgan fingerprint density at radius 3 is 2.81 bits per heavy atom. The molecule has 2 aromatic heterocycles. The van der Waals surface area contributed by atoms with Gasteiger partial charge in [0.05, 0.1) is 6.26 Å². The molecule has 1 N–H and O–H groups in total. The average molecular weight is 353 g/mol. The zero-order chi connectivity index (χ0) is 18.6. The van der Waals surface area contributed by atoms with Crippen LogP contribution in [-0.4, -0.2) is 22.6 Å². The Kier molecular flexibility index (Phi) is 5.21. The van der Waals surface area contributed by atoms with Gasteiger partial charge in [0.15, 0.2) is 5.76 Å². The number of carbonyl (C=O) groups excluding carboxylic acids is 1. The molecule has 0 unspecified atom stereocenters. The minimum absolute atomic E-state index is 0.0384. The highest BCUT2D eigenvalue weighted by Gasteiger charge is 2.21. The Bertz CT molecular complexity index is 866. The number of aryl methyl sites for hydroxylation is 2. The van der Waals surface area contributed by atoms with Crippen molar-refractivity contribution in [3.8, 4) is 11.6 Å². The van der Waals surface area contributed by atoms with Gasteiger partial charge < -0.3 is 14.3 Å². The molecule has 0 atom stereocenters. The van der Waals surface area contributed by atoms with E-state index in [2.05, 4.69) is 54.4 Å². The van der Waals surface area contributed by atoms with Crippen molar-refractivity contribution in [2.24, 2.45) is 0 Å². The molecule has 136 valence electrons. The summed E-state index contributed by atoms with van der Waals surface area (Å²) in [6, 6.07) is 11.9. The van der Waals surface area contributed by atoms with Gasteiger partial charge in [0.2, 0.25) is 17.6 Å². The molecule has 6 nitrogen and oxygen atoms in total. The largest absolute Gasteiger partial charge is 0.461 e. The normalized spacial score (nSPS) is 11.5. The zero-order valence-electron chi connectivity index (χ0n) is 15.3. The number of aromatic nitrogens is 2. The number of carbonyl (C=O) groups is 1. The third-order valence-corrected chi connectivity index (χ3v) is 4.30. The van der Waals surface area contributed by atoms with E-state index in [4.69, 9.17) is 8.94 Å². The molecular weight excluding hydrogens is 330 g/mol. The molecule has 0 aliphatic heterocycles. The first-order chi connectivity index (χ1) is 12.4. The first-order valence-corrected chi connectivity index (χ1v) is 8.64. The highest BCUT2D eigenvalue weighted by Crippen LogP contribution is 2.23. The SMILES string of the molecule is Cc1cccc(C(C)(C)CNC(=O)CCc2nc(-c3ccco3)no2)c1. The Morgan fingerprint density at radius 2 is 2.08 bits per heavy atom. The summed E-state index contributed by atoms with van der Waals surface area (Å²) in [5, 5.41) is 6.86. The van der Waals surface area contributed by atoms with Crippen molar-refractivity contribution in [1.82, 2.24) is 15.5 Å². The molecule has 3 rings (SSSR count). The number of nitrogens with zero attached hydrogens (tertiary/aromatic N) is 2. The molecular formula is C20H23N3O3. The van der Waals surface area contributed by atoms with Gasteiger partial charge in [-0.2, -0.15) is 4.98 Å². The maximum atomic E-state index is 12.2. The quantitative estimate of drug-likeness (QED) is 0.701. The zero-order valence-corrected chi connectivity index (χ0v) is 15.3. The molecule has 0 aliphatic carbocycles. The molecule has 2 heterocycles. The topological polar surface area (TPSA) is 81.2 Å². The van der Waals surface area contributed by atoms with Gasteiger partial charge in [0, 0.05) is 24.8 Å². The predicted molar refractivity (Wildman–Crippen MR) is 97.5 cm³/mol. The van der Waals surface area contributed by atoms with Crippen molar-refractivity contribution < 1.29 is 13.7 Å². The van der Waals surface area contributed by atoms with Crippen molar-refractivity contribution in [1.29, 1.82) is 0 Å². The van der Waals surface area contributed by atoms with E-state index in [1.54, 1.807) is 18.4 Å². The smallest absolute Gasteiger partial charge is 0.238 e. The third kappa shape index (κ3) is 4.39. The van der Waals surface area contributed by atoms with Crippen molar-refractivity contribution in [3.05, 3.63) is 59.7 Å². The highest BCUT2D eigenvalue weighted by atomic mass is 16.5. The lowest BCUT2D eigenvalue weighted by Gasteiger charge is -2.26. The molecule has 26 heavy (non-hydrogen) atoms. The predicted octanol–water partition coefficient (Wildman–Crippen LogP) is 3.66. The summed E-state index contributed by atoms with van der Waals surface area (Å²) in [4.78, 5) is 16.4. The molecule has 0 spiro atoms. The first kappa shape index (κ1) is 17.9. The third-order valence-electron chi connectivity index (χ3n) is 4.30. The van der Waals surface area contributed by atoms with Gasteiger partial charge in [-0.25, -0.2) is 0 Å². The van der Waals surface area contributed by atoms with E-state index in [1.807, 2.05) is 6.07 Å². The Balaban J connectivity index is 1.50. The minimum atomic E-state index is -0.140. The van der Waals surface area contributed by atoms with Crippen LogP contribution in [0.2, 0.25) is 0 Å². The lowest BCUT2D eigenvalue weighted by Crippen LogP contribution is -2.36. The number of rotatable bonds is 7. The molecule has 0 saturated carbocycles. The van der Waals surface area contributed by atoms with Gasteiger partial charge in [0.25, 0.3) is 0 Å². The molecule has 1 aromatic carbocycles. The Hall–Kier alpha value is -2.89. The van der Waals surface area contributed by atoms with Crippen LogP contribution in [0.4, 0.5) is 0 Å². The second kappa shape index (κ2) is 7.56. The van der Waals surface area contributed by atoms with Crippen molar-refractivity contribution in [2.75, 3.05) is 6.54 Å². The van der Waals surface area contributed by atoms with Crippen LogP contribution in [0, 0.1) is 6.92 Å². The van der Waals surface area contributed by atoms with E-state index in [1.165, 1.54) is 11.1 Å². The van der Waals surface area contributed by atoms with Crippen molar-refractivity contribution >= 4 is 5.91 Å². The lowest BCUT2D eigenvalue weighted by molar-refractivity contribution is -0.121. The summed E-state index contributed by atoms with van der Waals surface area (Å²) in [7, 11) is 0. The van der Waals surface area contributed by atoms with Crippen molar-refractivity contribution in [2.45, 2.75) is 39.0 Å². The summed E-state index contributed by atoms with van der Waals surface area (Å²) < 4.78 is 10.4. The summed E-state index contributed by atoms with van der Waals surface area (Å²) >= 11 is 0. The van der Waals surface area contributed by atoms with Crippen LogP contribution in [0.15, 0.2) is 51.6 Å². The number of nitrogens with one attached hydrogen (secondary N) is 1. The summed E-state index contributed by atoms with van der Waals surface area (Å²) in [5.41, 5.74) is 2.28. The van der Waals surface area contributed by atoms with E-state index in [9.17, 15) is 4.79 Å². The standard InChI is InChI=1S/C20H23N3O3/c1-14-6-4-7-15(12-14)20(2,3)13-21-17(24)9-10-18-22-19(23-26-18)16-8-5-11-25-16/h4-8,11-12H,9-10,13H2,1-3H3,(H,21,24). The number of hydrogen-bond donors (Lipinski definition) is 1. The maximum absolute atomic E-state index is 12.2. The molecule has 0 radical (unpaired) electrons. The molecule has 0 bridgehead atoms. The second-order valence-electron chi connectivity index (χ2n) is 7.02. The van der Waals surface area contributed by atoms with Crippen molar-refractivity contribution in [3.63, 3.8) is 0 Å². The number of furan rings is 1. The van der Waals surface area contributed by atoms with Gasteiger partial charge >= 0.3 is 0 Å². The number of benzene rings is 1. The fourth-order valence-electron chi connectivity index (χ4n) is 2.66. The molecule has 0 fully saturated rings. The van der Waals surface area contributed by atoms with Crippen LogP contribution >= 0.6 is 0 Å². The van der Waals surface area contributed by atoms with Crippen LogP contribution in [0.3, 0.4) is 0 Å². The maximum Gasteiger partial charge on any atom is 0.238 e. The van der Waals surface area contributed by atoms with E-state index in [0.29, 0.717) is 36.9 Å². The minimum Gasteiger partial charge on any atom is -0.461 e. The summed E-state index contributed by atoms with van der Waals surface area (Å²) in [6.07, 6.45) is 2.24. The first-order valence-electron chi connectivity index (χ1n) is 8.64. The van der Waals surface area contributed by atoms with Gasteiger partial charge in [-0.05, 0) is 24.6 Å². The summed E-state index contributed by atoms with van der Waals surface area (Å²) in [5.74, 6) is 1.32. The van der Waals surface area contributed by atoms with Crippen LogP contribution in [0.1, 0.15) is 37.3 Å². The molecule has 1 amide bonds. The van der Waals surface area contributed by atoms with E-state index in [-0.39, 0.29) is 11.3 Å². The van der Waals surface area contributed by atoms with Crippen LogP contribution in [0.25, 0.3) is 11.6 Å². The molecule has 0 saturated heterocycles. The van der Waals surface area contributed by atoms with E-state index >= 15 is 0 Å². The van der Waals surface area contributed by atoms with Gasteiger partial charge in [-0.1, -0.05) is 48.8 Å². The molecule has 6 heteroatoms. The van der Waals surface area contributed by atoms with E-state index in [0.717, 1.165) is 0 Å². The van der Waals surface area contributed by atoms with Gasteiger partial charge in [-0.15, -0.1) is 0 Å². The van der Waals surface area contributed by atoms with E-state index < -0.39 is 0 Å². The Morgan fingerprint density at radius 1 is 1.23 bits per heavy atom. The summed E-state index contributed by atoms with van der Waals surface area (Å²) in [6.45, 7) is 6.88. The Labute approximate surface area is 152 Å². The van der Waals surface area contributed by atoms with Gasteiger partial charge in [0.1, 0.15) is 0 Å². The van der Waals surface area contributed by atoms with Crippen LogP contribution in [0.5, 0.6) is 0 Å². The lowest BCUT2D eigenvalue weighted by atomic mass is 9.84. The van der Waals surface area contributed by atoms with Crippen LogP contribution < -0.4 is 5.32 Å². The molecule has 0 aliphatic rings. The molecule has 3 aromatic rings. The van der Waals surface area contributed by atoms with Gasteiger partial charge in [-0.3, -0.25) is 4.79 Å². The fourth-order valence-corrected chi connectivity index (χ4v) is 2.66. The number of amides is 1. The number of hydrogen-bond acceptors (Lipinski definition) is 5. The highest BCUT2D eigenvalue weighted by molar-refractivity contribution is 5.76. The monoisotopic (exact) mass is 353 g/mol. The average Bonchev–Trinajstić information content (AvgIpc) is 3.29.